The maximum absolute atomic E-state index is 14.2. The summed E-state index contributed by atoms with van der Waals surface area (Å²) in [5, 5.41) is 4.88. The van der Waals surface area contributed by atoms with Crippen molar-refractivity contribution in [1.82, 2.24) is 19.5 Å². The Balaban J connectivity index is 1.12. The molecule has 0 radical (unpaired) electrons. The molecule has 0 aliphatic carbocycles. The van der Waals surface area contributed by atoms with Crippen LogP contribution in [0.2, 0.25) is 0 Å². The van der Waals surface area contributed by atoms with Crippen molar-refractivity contribution >= 4 is 53.3 Å². The Morgan fingerprint density at radius 2 is 0.930 bits per heavy atom. The summed E-state index contributed by atoms with van der Waals surface area (Å²) in [7, 11) is 0. The van der Waals surface area contributed by atoms with Gasteiger partial charge in [0.15, 0.2) is 17.5 Å². The van der Waals surface area contributed by atoms with E-state index in [1.165, 1.54) is 43.1 Å². The number of thiophene rings is 1. The van der Waals surface area contributed by atoms with Crippen LogP contribution in [0.4, 0.5) is 4.39 Å². The first kappa shape index (κ1) is 33.1. The zero-order valence-electron chi connectivity index (χ0n) is 30.5. The molecule has 0 bridgehead atoms. The number of rotatable bonds is 6. The molecule has 268 valence electrons. The van der Waals surface area contributed by atoms with Crippen LogP contribution in [0, 0.1) is 5.82 Å². The zero-order valence-corrected chi connectivity index (χ0v) is 31.3. The molecule has 4 nitrogen and oxygen atoms in total. The van der Waals surface area contributed by atoms with Crippen molar-refractivity contribution in [2.24, 2.45) is 0 Å². The van der Waals surface area contributed by atoms with Crippen molar-refractivity contribution in [1.29, 1.82) is 0 Å². The molecule has 57 heavy (non-hydrogen) atoms. The summed E-state index contributed by atoms with van der Waals surface area (Å²) in [6.45, 7) is 0. The Hall–Kier alpha value is -7.28. The van der Waals surface area contributed by atoms with Crippen molar-refractivity contribution in [2.45, 2.75) is 0 Å². The quantitative estimate of drug-likeness (QED) is 0.170. The predicted molar refractivity (Wildman–Crippen MR) is 234 cm³/mol. The molecular formula is C51H31FN4S. The van der Waals surface area contributed by atoms with Crippen molar-refractivity contribution in [2.75, 3.05) is 0 Å². The van der Waals surface area contributed by atoms with Crippen LogP contribution in [0.1, 0.15) is 0 Å². The largest absolute Gasteiger partial charge is 0.309 e. The summed E-state index contributed by atoms with van der Waals surface area (Å²) in [6, 6.07) is 63.8. The van der Waals surface area contributed by atoms with Gasteiger partial charge >= 0.3 is 0 Å². The van der Waals surface area contributed by atoms with Crippen LogP contribution in [0.15, 0.2) is 188 Å². The molecule has 0 aliphatic heterocycles. The Kier molecular flexibility index (Phi) is 7.83. The summed E-state index contributed by atoms with van der Waals surface area (Å²) in [6.07, 6.45) is 0. The van der Waals surface area contributed by atoms with Crippen LogP contribution < -0.4 is 0 Å². The van der Waals surface area contributed by atoms with Crippen molar-refractivity contribution in [3.63, 3.8) is 0 Å². The van der Waals surface area contributed by atoms with Crippen LogP contribution in [-0.2, 0) is 0 Å². The number of fused-ring (bicyclic) bond motifs is 6. The fraction of sp³-hybridized carbons (Fsp3) is 0. The molecule has 6 heteroatoms. The van der Waals surface area contributed by atoms with Crippen molar-refractivity contribution in [3.05, 3.63) is 194 Å². The van der Waals surface area contributed by atoms with Crippen LogP contribution >= 0.6 is 11.3 Å². The van der Waals surface area contributed by atoms with E-state index >= 15 is 0 Å². The monoisotopic (exact) mass is 750 g/mol. The SMILES string of the molecule is Fc1ccc(-c2nc(-c3cccc(-c4cccc5c4sc4ccccc45)c3)nc(-c3ccc(-c4ccccc4)c(-n4c5ccccc5c5ccccc54)c3)n2)cc1. The number of nitrogens with zero attached hydrogens (tertiary/aromatic N) is 4. The maximum atomic E-state index is 14.2. The van der Waals surface area contributed by atoms with Gasteiger partial charge in [-0.2, -0.15) is 0 Å². The molecule has 0 saturated carbocycles. The van der Waals surface area contributed by atoms with Gasteiger partial charge in [0.25, 0.3) is 0 Å². The lowest BCUT2D eigenvalue weighted by Gasteiger charge is -2.16. The Morgan fingerprint density at radius 1 is 0.386 bits per heavy atom. The zero-order chi connectivity index (χ0) is 37.9. The van der Waals surface area contributed by atoms with E-state index in [0.29, 0.717) is 23.0 Å². The van der Waals surface area contributed by atoms with Crippen molar-refractivity contribution in [3.8, 4) is 62.1 Å². The average Bonchev–Trinajstić information content (AvgIpc) is 3.83. The summed E-state index contributed by atoms with van der Waals surface area (Å²) in [5.74, 6) is 1.22. The van der Waals surface area contributed by atoms with E-state index in [-0.39, 0.29) is 5.82 Å². The maximum Gasteiger partial charge on any atom is 0.164 e. The number of para-hydroxylation sites is 2. The van der Waals surface area contributed by atoms with E-state index in [4.69, 9.17) is 15.0 Å². The van der Waals surface area contributed by atoms with E-state index in [0.717, 1.165) is 50.1 Å². The highest BCUT2D eigenvalue weighted by Crippen LogP contribution is 2.41. The first-order chi connectivity index (χ1) is 28.2. The molecule has 0 aliphatic rings. The van der Waals surface area contributed by atoms with Gasteiger partial charge in [0.1, 0.15) is 5.82 Å². The Labute approximate surface area is 331 Å². The minimum atomic E-state index is -0.316. The number of halogens is 1. The normalized spacial score (nSPS) is 11.6. The van der Waals surface area contributed by atoms with Gasteiger partial charge in [0.2, 0.25) is 0 Å². The second kappa shape index (κ2) is 13.5. The molecule has 0 N–H and O–H groups in total. The summed E-state index contributed by atoms with van der Waals surface area (Å²) in [4.78, 5) is 15.3. The van der Waals surface area contributed by atoms with Crippen LogP contribution in [0.25, 0.3) is 104 Å². The van der Waals surface area contributed by atoms with Gasteiger partial charge in [-0.05, 0) is 71.3 Å². The fourth-order valence-electron chi connectivity index (χ4n) is 8.06. The van der Waals surface area contributed by atoms with Gasteiger partial charge in [-0.3, -0.25) is 0 Å². The summed E-state index contributed by atoms with van der Waals surface area (Å²) < 4.78 is 19.1. The number of aromatic nitrogens is 4. The minimum Gasteiger partial charge on any atom is -0.309 e. The molecule has 0 fully saturated rings. The van der Waals surface area contributed by atoms with E-state index in [1.54, 1.807) is 12.1 Å². The number of hydrogen-bond acceptors (Lipinski definition) is 4. The average molecular weight is 751 g/mol. The van der Waals surface area contributed by atoms with E-state index in [9.17, 15) is 4.39 Å². The molecule has 0 unspecified atom stereocenters. The second-order valence-corrected chi connectivity index (χ2v) is 15.2. The van der Waals surface area contributed by atoms with Gasteiger partial charge in [0, 0.05) is 53.2 Å². The Bertz CT molecular complexity index is 3260. The molecule has 11 rings (SSSR count). The topological polar surface area (TPSA) is 43.6 Å². The van der Waals surface area contributed by atoms with Gasteiger partial charge in [0.05, 0.1) is 16.7 Å². The molecule has 8 aromatic carbocycles. The van der Waals surface area contributed by atoms with Crippen LogP contribution in [0.5, 0.6) is 0 Å². The summed E-state index contributed by atoms with van der Waals surface area (Å²) in [5.41, 5.74) is 10.1. The predicted octanol–water partition coefficient (Wildman–Crippen LogP) is 13.8. The van der Waals surface area contributed by atoms with Crippen molar-refractivity contribution < 1.29 is 4.39 Å². The third kappa shape index (κ3) is 5.69. The molecule has 3 heterocycles. The fourth-order valence-corrected chi connectivity index (χ4v) is 9.30. The van der Waals surface area contributed by atoms with Crippen LogP contribution in [-0.4, -0.2) is 19.5 Å². The molecule has 0 atom stereocenters. The lowest BCUT2D eigenvalue weighted by Crippen LogP contribution is -2.02. The van der Waals surface area contributed by atoms with Crippen LogP contribution in [0.3, 0.4) is 0 Å². The second-order valence-electron chi connectivity index (χ2n) is 14.1. The highest BCUT2D eigenvalue weighted by molar-refractivity contribution is 7.26. The van der Waals surface area contributed by atoms with E-state index in [1.807, 2.05) is 23.5 Å². The third-order valence-electron chi connectivity index (χ3n) is 10.7. The third-order valence-corrected chi connectivity index (χ3v) is 12.0. The van der Waals surface area contributed by atoms with Gasteiger partial charge in [-0.25, -0.2) is 19.3 Å². The molecule has 0 spiro atoms. The highest BCUT2D eigenvalue weighted by atomic mass is 32.1. The lowest BCUT2D eigenvalue weighted by molar-refractivity contribution is 0.628. The summed E-state index contributed by atoms with van der Waals surface area (Å²) >= 11 is 1.81. The number of benzene rings is 8. The first-order valence-corrected chi connectivity index (χ1v) is 19.7. The smallest absolute Gasteiger partial charge is 0.164 e. The molecule has 0 saturated heterocycles. The van der Waals surface area contributed by atoms with E-state index < -0.39 is 0 Å². The Morgan fingerprint density at radius 3 is 1.67 bits per heavy atom. The van der Waals surface area contributed by atoms with Gasteiger partial charge in [-0.1, -0.05) is 133 Å². The molecule has 0 amide bonds. The number of hydrogen-bond donors (Lipinski definition) is 0. The lowest BCUT2D eigenvalue weighted by atomic mass is 10.00. The molecule has 3 aromatic heterocycles. The first-order valence-electron chi connectivity index (χ1n) is 18.9. The van der Waals surface area contributed by atoms with Gasteiger partial charge < -0.3 is 4.57 Å². The molecular weight excluding hydrogens is 720 g/mol. The minimum absolute atomic E-state index is 0.316. The standard InChI is InChI=1S/C51H31FN4S/c52-37-27-24-33(25-28-37)49-53-50(35-15-10-14-34(30-35)39-19-11-20-43-42-18-6-9-23-47(42)57-48(39)43)55-51(54-49)36-26-29-38(32-12-2-1-3-13-32)46(31-36)56-44-21-7-4-16-40(44)41-17-5-8-22-45(41)56/h1-31H. The molecule has 11 aromatic rings. The van der Waals surface area contributed by atoms with E-state index in [2.05, 4.69) is 156 Å². The highest BCUT2D eigenvalue weighted by Gasteiger charge is 2.19. The van der Waals surface area contributed by atoms with Gasteiger partial charge in [-0.15, -0.1) is 11.3 Å².